The number of rotatable bonds is 7. The molecule has 0 aliphatic heterocycles. The molecule has 2 amide bonds. The lowest BCUT2D eigenvalue weighted by Crippen LogP contribution is -2.36. The van der Waals surface area contributed by atoms with Crippen LogP contribution in [-0.2, 0) is 6.54 Å². The molecule has 0 fully saturated rings. The summed E-state index contributed by atoms with van der Waals surface area (Å²) in [5.41, 5.74) is 2.05. The maximum atomic E-state index is 11.6. The summed E-state index contributed by atoms with van der Waals surface area (Å²) in [6, 6.07) is 5.62. The van der Waals surface area contributed by atoms with Crippen molar-refractivity contribution in [3.8, 4) is 5.75 Å². The maximum Gasteiger partial charge on any atom is 0.315 e. The van der Waals surface area contributed by atoms with Crippen molar-refractivity contribution in [3.63, 3.8) is 0 Å². The highest BCUT2D eigenvalue weighted by Crippen LogP contribution is 2.19. The summed E-state index contributed by atoms with van der Waals surface area (Å²) in [7, 11) is 1.62. The second-order valence-corrected chi connectivity index (χ2v) is 4.78. The molecular weight excluding hydrogens is 256 g/mol. The van der Waals surface area contributed by atoms with Gasteiger partial charge in [-0.15, -0.1) is 0 Å². The van der Waals surface area contributed by atoms with E-state index in [0.29, 0.717) is 25.9 Å². The van der Waals surface area contributed by atoms with E-state index in [-0.39, 0.29) is 12.1 Å². The van der Waals surface area contributed by atoms with Crippen molar-refractivity contribution in [2.45, 2.75) is 39.3 Å². The van der Waals surface area contributed by atoms with E-state index >= 15 is 0 Å². The number of aliphatic hydroxyl groups excluding tert-OH is 1. The number of methoxy groups -OCH3 is 1. The molecule has 0 aromatic heterocycles. The molecule has 1 rings (SSSR count). The first-order valence-corrected chi connectivity index (χ1v) is 6.90. The molecule has 112 valence electrons. The van der Waals surface area contributed by atoms with Crippen LogP contribution in [0, 0.1) is 6.92 Å². The topological polar surface area (TPSA) is 70.6 Å². The van der Waals surface area contributed by atoms with Gasteiger partial charge in [0.1, 0.15) is 5.75 Å². The lowest BCUT2D eigenvalue weighted by molar-refractivity contribution is 0.160. The van der Waals surface area contributed by atoms with Gasteiger partial charge < -0.3 is 20.5 Å². The predicted molar refractivity (Wildman–Crippen MR) is 78.9 cm³/mol. The van der Waals surface area contributed by atoms with Gasteiger partial charge in [0.25, 0.3) is 0 Å². The summed E-state index contributed by atoms with van der Waals surface area (Å²) in [4.78, 5) is 11.6. The van der Waals surface area contributed by atoms with E-state index in [1.807, 2.05) is 32.0 Å². The van der Waals surface area contributed by atoms with Crippen molar-refractivity contribution >= 4 is 6.03 Å². The third kappa shape index (κ3) is 5.48. The van der Waals surface area contributed by atoms with Gasteiger partial charge in [-0.1, -0.05) is 19.1 Å². The number of carbonyl (C=O) groups excluding carboxylic acids is 1. The van der Waals surface area contributed by atoms with Crippen molar-refractivity contribution < 1.29 is 14.6 Å². The first kappa shape index (κ1) is 16.3. The number of hydrogen-bond donors (Lipinski definition) is 3. The van der Waals surface area contributed by atoms with E-state index in [0.717, 1.165) is 16.9 Å². The lowest BCUT2D eigenvalue weighted by atomic mass is 10.1. The van der Waals surface area contributed by atoms with Gasteiger partial charge in [0.05, 0.1) is 13.2 Å². The number of urea groups is 1. The van der Waals surface area contributed by atoms with Gasteiger partial charge in [0.2, 0.25) is 0 Å². The fourth-order valence-electron chi connectivity index (χ4n) is 1.79. The minimum atomic E-state index is -0.354. The highest BCUT2D eigenvalue weighted by atomic mass is 16.5. The highest BCUT2D eigenvalue weighted by molar-refractivity contribution is 5.73. The third-order valence-electron chi connectivity index (χ3n) is 3.12. The van der Waals surface area contributed by atoms with Crippen LogP contribution in [0.15, 0.2) is 18.2 Å². The van der Waals surface area contributed by atoms with E-state index in [1.165, 1.54) is 0 Å². The molecule has 1 aromatic carbocycles. The molecule has 0 bridgehead atoms. The van der Waals surface area contributed by atoms with Gasteiger partial charge in [0, 0.05) is 18.7 Å². The van der Waals surface area contributed by atoms with Crippen molar-refractivity contribution in [1.29, 1.82) is 0 Å². The maximum absolute atomic E-state index is 11.6. The summed E-state index contributed by atoms with van der Waals surface area (Å²) in [5.74, 6) is 0.770. The highest BCUT2D eigenvalue weighted by Gasteiger charge is 2.06. The molecule has 0 aliphatic rings. The number of aliphatic hydroxyl groups is 1. The Kier molecular flexibility index (Phi) is 6.87. The van der Waals surface area contributed by atoms with Crippen molar-refractivity contribution in [2.75, 3.05) is 13.7 Å². The molecule has 1 unspecified atom stereocenters. The smallest absolute Gasteiger partial charge is 0.315 e. The second kappa shape index (κ2) is 8.43. The van der Waals surface area contributed by atoms with Crippen LogP contribution in [0.5, 0.6) is 5.75 Å². The fourth-order valence-corrected chi connectivity index (χ4v) is 1.79. The van der Waals surface area contributed by atoms with Gasteiger partial charge in [-0.05, 0) is 31.4 Å². The van der Waals surface area contributed by atoms with Gasteiger partial charge in [-0.3, -0.25) is 0 Å². The molecule has 0 radical (unpaired) electrons. The molecule has 20 heavy (non-hydrogen) atoms. The Labute approximate surface area is 120 Å². The van der Waals surface area contributed by atoms with Crippen LogP contribution in [0.4, 0.5) is 4.79 Å². The predicted octanol–water partition coefficient (Wildman–Crippen LogP) is 1.96. The van der Waals surface area contributed by atoms with Gasteiger partial charge in [-0.25, -0.2) is 4.79 Å². The fraction of sp³-hybridized carbons (Fsp3) is 0.533. The lowest BCUT2D eigenvalue weighted by Gasteiger charge is -2.12. The second-order valence-electron chi connectivity index (χ2n) is 4.78. The number of benzene rings is 1. The van der Waals surface area contributed by atoms with Gasteiger partial charge in [0.15, 0.2) is 0 Å². The van der Waals surface area contributed by atoms with Crippen LogP contribution in [-0.4, -0.2) is 30.9 Å². The van der Waals surface area contributed by atoms with Crippen LogP contribution < -0.4 is 15.4 Å². The Balaban J connectivity index is 2.37. The van der Waals surface area contributed by atoms with Crippen LogP contribution in [0.3, 0.4) is 0 Å². The molecule has 0 saturated heterocycles. The molecule has 3 N–H and O–H groups in total. The standard InChI is InChI=1S/C15H24N2O3/c1-4-13(18)7-8-16-15(19)17-10-12-6-5-11(2)9-14(12)20-3/h5-6,9,13,18H,4,7-8,10H2,1-3H3,(H2,16,17,19). The van der Waals surface area contributed by atoms with Crippen LogP contribution in [0.2, 0.25) is 0 Å². The number of amides is 2. The average molecular weight is 280 g/mol. The van der Waals surface area contributed by atoms with Gasteiger partial charge in [-0.2, -0.15) is 0 Å². The van der Waals surface area contributed by atoms with E-state index in [2.05, 4.69) is 10.6 Å². The zero-order valence-electron chi connectivity index (χ0n) is 12.4. The quantitative estimate of drug-likeness (QED) is 0.715. The number of nitrogens with one attached hydrogen (secondary N) is 2. The molecule has 1 aromatic rings. The zero-order valence-corrected chi connectivity index (χ0v) is 12.4. The third-order valence-corrected chi connectivity index (χ3v) is 3.12. The van der Waals surface area contributed by atoms with Crippen molar-refractivity contribution in [1.82, 2.24) is 10.6 Å². The number of ether oxygens (including phenoxy) is 1. The molecule has 0 spiro atoms. The number of hydrogen-bond acceptors (Lipinski definition) is 3. The first-order chi connectivity index (χ1) is 9.56. The minimum absolute atomic E-state index is 0.240. The first-order valence-electron chi connectivity index (χ1n) is 6.90. The summed E-state index contributed by atoms with van der Waals surface area (Å²) in [5, 5.41) is 14.9. The number of carbonyl (C=O) groups is 1. The van der Waals surface area contributed by atoms with E-state index in [1.54, 1.807) is 7.11 Å². The van der Waals surface area contributed by atoms with Crippen molar-refractivity contribution in [2.24, 2.45) is 0 Å². The average Bonchev–Trinajstić information content (AvgIpc) is 2.45. The zero-order chi connectivity index (χ0) is 15.0. The molecule has 5 nitrogen and oxygen atoms in total. The Morgan fingerprint density at radius 3 is 2.80 bits per heavy atom. The summed E-state index contributed by atoms with van der Waals surface area (Å²) in [6.45, 7) is 4.78. The Morgan fingerprint density at radius 1 is 1.40 bits per heavy atom. The van der Waals surface area contributed by atoms with Crippen molar-refractivity contribution in [3.05, 3.63) is 29.3 Å². The molecule has 0 saturated carbocycles. The Morgan fingerprint density at radius 2 is 2.15 bits per heavy atom. The summed E-state index contributed by atoms with van der Waals surface area (Å²) >= 11 is 0. The van der Waals surface area contributed by atoms with Crippen LogP contribution in [0.1, 0.15) is 30.9 Å². The molecule has 1 atom stereocenters. The summed E-state index contributed by atoms with van der Waals surface area (Å²) < 4.78 is 5.28. The summed E-state index contributed by atoms with van der Waals surface area (Å²) in [6.07, 6.45) is 0.911. The van der Waals surface area contributed by atoms with E-state index < -0.39 is 0 Å². The Hall–Kier alpha value is -1.75. The number of aryl methyl sites for hydroxylation is 1. The monoisotopic (exact) mass is 280 g/mol. The normalized spacial score (nSPS) is 11.8. The largest absolute Gasteiger partial charge is 0.496 e. The molecular formula is C15H24N2O3. The van der Waals surface area contributed by atoms with Crippen LogP contribution in [0.25, 0.3) is 0 Å². The SMILES string of the molecule is CCC(O)CCNC(=O)NCc1ccc(C)cc1OC. The van der Waals surface area contributed by atoms with Gasteiger partial charge >= 0.3 is 6.03 Å². The minimum Gasteiger partial charge on any atom is -0.496 e. The van der Waals surface area contributed by atoms with E-state index in [9.17, 15) is 9.90 Å². The molecule has 5 heteroatoms. The Bertz CT molecular complexity index is 435. The van der Waals surface area contributed by atoms with E-state index in [4.69, 9.17) is 4.74 Å². The molecule has 0 heterocycles. The van der Waals surface area contributed by atoms with Crippen LogP contribution >= 0.6 is 0 Å². The molecule has 0 aliphatic carbocycles.